The number of nitrogens with zero attached hydrogens (tertiary/aromatic N) is 3. The summed E-state index contributed by atoms with van der Waals surface area (Å²) in [6.45, 7) is 8.17. The van der Waals surface area contributed by atoms with Gasteiger partial charge in [0, 0.05) is 19.3 Å². The minimum Gasteiger partial charge on any atom is -0.392 e. The van der Waals surface area contributed by atoms with E-state index in [1.807, 2.05) is 13.8 Å². The number of aromatic amines is 1. The van der Waals surface area contributed by atoms with Gasteiger partial charge >= 0.3 is 0 Å². The van der Waals surface area contributed by atoms with E-state index in [0.717, 1.165) is 0 Å². The van der Waals surface area contributed by atoms with E-state index in [9.17, 15) is 19.1 Å². The molecule has 4 rings (SSSR count). The van der Waals surface area contributed by atoms with Crippen LogP contribution >= 0.6 is 11.6 Å². The van der Waals surface area contributed by atoms with E-state index in [-0.39, 0.29) is 33.7 Å². The van der Waals surface area contributed by atoms with Crippen LogP contribution in [0.4, 0.5) is 10.2 Å². The van der Waals surface area contributed by atoms with E-state index >= 15 is 0 Å². The first-order valence-corrected chi connectivity index (χ1v) is 11.5. The Bertz CT molecular complexity index is 1280. The van der Waals surface area contributed by atoms with E-state index in [4.69, 9.17) is 11.6 Å². The normalized spacial score (nSPS) is 21.5. The predicted molar refractivity (Wildman–Crippen MR) is 129 cm³/mol. The number of rotatable bonds is 4. The number of aliphatic hydroxyl groups excluding tert-OH is 1. The lowest BCUT2D eigenvalue weighted by Crippen LogP contribution is -2.49. The number of likely N-dealkylation sites (tertiary alicyclic amines) is 1. The van der Waals surface area contributed by atoms with Crippen LogP contribution in [0.5, 0.6) is 0 Å². The number of amides is 1. The number of H-pyrrole nitrogens is 1. The van der Waals surface area contributed by atoms with Crippen molar-refractivity contribution in [3.05, 3.63) is 62.5 Å². The van der Waals surface area contributed by atoms with Crippen LogP contribution in [-0.4, -0.2) is 50.1 Å². The zero-order chi connectivity index (χ0) is 24.7. The highest BCUT2D eigenvalue weighted by Crippen LogP contribution is 2.32. The molecular formula is C24H27ClFN5O3. The third kappa shape index (κ3) is 4.50. The molecule has 180 valence electrons. The van der Waals surface area contributed by atoms with Crippen LogP contribution in [0.1, 0.15) is 48.6 Å². The average Bonchev–Trinajstić information content (AvgIpc) is 2.79. The molecular weight excluding hydrogens is 461 g/mol. The summed E-state index contributed by atoms with van der Waals surface area (Å²) in [6, 6.07) is 4.38. The second-order valence-electron chi connectivity index (χ2n) is 9.09. The van der Waals surface area contributed by atoms with Gasteiger partial charge < -0.3 is 20.3 Å². The van der Waals surface area contributed by atoms with Crippen molar-refractivity contribution in [1.29, 1.82) is 0 Å². The number of piperidine rings is 1. The molecule has 10 heteroatoms. The molecule has 1 amide bonds. The maximum Gasteiger partial charge on any atom is 0.258 e. The molecule has 8 nitrogen and oxygen atoms in total. The fraction of sp³-hybridized carbons (Fsp3) is 0.417. The SMILES string of the molecule is Cc1nc2c(F)c(Cl)c(C(C)Nc3ccc(C(=O)N4CC(C)C(O)C(C)C4)cn3)cc2c(=O)[nH]1. The lowest BCUT2D eigenvalue weighted by molar-refractivity contribution is -0.00352. The summed E-state index contributed by atoms with van der Waals surface area (Å²) in [6.07, 6.45) is 1.06. The van der Waals surface area contributed by atoms with Gasteiger partial charge in [0.25, 0.3) is 11.5 Å². The summed E-state index contributed by atoms with van der Waals surface area (Å²) < 4.78 is 14.9. The average molecular weight is 488 g/mol. The summed E-state index contributed by atoms with van der Waals surface area (Å²) in [5.41, 5.74) is 0.315. The second-order valence-corrected chi connectivity index (χ2v) is 9.47. The number of aromatic nitrogens is 3. The third-order valence-corrected chi connectivity index (χ3v) is 6.72. The maximum atomic E-state index is 14.9. The first-order chi connectivity index (χ1) is 16.1. The summed E-state index contributed by atoms with van der Waals surface area (Å²) in [5, 5.41) is 13.3. The largest absolute Gasteiger partial charge is 0.392 e. The molecule has 3 heterocycles. The van der Waals surface area contributed by atoms with Gasteiger partial charge in [0.05, 0.1) is 28.1 Å². The highest BCUT2D eigenvalue weighted by atomic mass is 35.5. The van der Waals surface area contributed by atoms with Gasteiger partial charge in [0.2, 0.25) is 0 Å². The van der Waals surface area contributed by atoms with Gasteiger partial charge in [-0.2, -0.15) is 0 Å². The molecule has 1 aliphatic rings. The van der Waals surface area contributed by atoms with Crippen molar-refractivity contribution in [2.24, 2.45) is 11.8 Å². The maximum absolute atomic E-state index is 14.9. The number of anilines is 1. The van der Waals surface area contributed by atoms with Crippen LogP contribution in [0.25, 0.3) is 10.9 Å². The Morgan fingerprint density at radius 1 is 1.32 bits per heavy atom. The molecule has 0 aliphatic carbocycles. The van der Waals surface area contributed by atoms with E-state index in [1.165, 1.54) is 12.3 Å². The Balaban J connectivity index is 1.53. The molecule has 0 radical (unpaired) electrons. The van der Waals surface area contributed by atoms with Crippen molar-refractivity contribution in [1.82, 2.24) is 19.9 Å². The predicted octanol–water partition coefficient (Wildman–Crippen LogP) is 3.68. The number of pyridine rings is 1. The number of hydrogen-bond donors (Lipinski definition) is 3. The van der Waals surface area contributed by atoms with Crippen LogP contribution in [0.2, 0.25) is 5.02 Å². The first-order valence-electron chi connectivity index (χ1n) is 11.1. The van der Waals surface area contributed by atoms with Crippen LogP contribution in [0.3, 0.4) is 0 Å². The smallest absolute Gasteiger partial charge is 0.258 e. The molecule has 1 aromatic carbocycles. The molecule has 2 aromatic heterocycles. The summed E-state index contributed by atoms with van der Waals surface area (Å²) >= 11 is 6.27. The molecule has 34 heavy (non-hydrogen) atoms. The van der Waals surface area contributed by atoms with Crippen molar-refractivity contribution in [2.75, 3.05) is 18.4 Å². The Morgan fingerprint density at radius 2 is 2.00 bits per heavy atom. The molecule has 1 saturated heterocycles. The molecule has 3 aromatic rings. The number of benzene rings is 1. The topological polar surface area (TPSA) is 111 Å². The number of nitrogens with one attached hydrogen (secondary N) is 2. The number of carbonyl (C=O) groups excluding carboxylic acids is 1. The number of fused-ring (bicyclic) bond motifs is 1. The number of hydrogen-bond acceptors (Lipinski definition) is 6. The molecule has 0 spiro atoms. The lowest BCUT2D eigenvalue weighted by Gasteiger charge is -2.38. The Labute approximate surface area is 201 Å². The Morgan fingerprint density at radius 3 is 2.62 bits per heavy atom. The van der Waals surface area contributed by atoms with Gasteiger partial charge in [-0.05, 0) is 49.4 Å². The van der Waals surface area contributed by atoms with E-state index in [0.29, 0.717) is 35.9 Å². The van der Waals surface area contributed by atoms with Crippen LogP contribution < -0.4 is 10.9 Å². The molecule has 1 aliphatic heterocycles. The van der Waals surface area contributed by atoms with Crippen LogP contribution in [-0.2, 0) is 0 Å². The van der Waals surface area contributed by atoms with Crippen molar-refractivity contribution in [3.63, 3.8) is 0 Å². The van der Waals surface area contributed by atoms with Gasteiger partial charge in [-0.1, -0.05) is 25.4 Å². The highest BCUT2D eigenvalue weighted by Gasteiger charge is 2.33. The van der Waals surface area contributed by atoms with E-state index < -0.39 is 23.5 Å². The van der Waals surface area contributed by atoms with Gasteiger partial charge in [-0.3, -0.25) is 9.59 Å². The monoisotopic (exact) mass is 487 g/mol. The van der Waals surface area contributed by atoms with Gasteiger partial charge in [0.1, 0.15) is 17.2 Å². The molecule has 3 N–H and O–H groups in total. The zero-order valence-electron chi connectivity index (χ0n) is 19.4. The molecule has 3 atom stereocenters. The van der Waals surface area contributed by atoms with Crippen molar-refractivity contribution in [2.45, 2.75) is 39.8 Å². The summed E-state index contributed by atoms with van der Waals surface area (Å²) in [7, 11) is 0. The van der Waals surface area contributed by atoms with Crippen LogP contribution in [0.15, 0.2) is 29.2 Å². The Kier molecular flexibility index (Phi) is 6.60. The van der Waals surface area contributed by atoms with Gasteiger partial charge in [-0.15, -0.1) is 0 Å². The van der Waals surface area contributed by atoms with Gasteiger partial charge in [0.15, 0.2) is 5.82 Å². The number of halogens is 2. The minimum atomic E-state index is -0.749. The quantitative estimate of drug-likeness (QED) is 0.517. The highest BCUT2D eigenvalue weighted by molar-refractivity contribution is 6.32. The van der Waals surface area contributed by atoms with E-state index in [1.54, 1.807) is 30.9 Å². The fourth-order valence-corrected chi connectivity index (χ4v) is 4.77. The fourth-order valence-electron chi connectivity index (χ4n) is 4.46. The van der Waals surface area contributed by atoms with Gasteiger partial charge in [-0.25, -0.2) is 14.4 Å². The second kappa shape index (κ2) is 9.31. The van der Waals surface area contributed by atoms with Crippen molar-refractivity contribution >= 4 is 34.2 Å². The molecule has 0 bridgehead atoms. The number of aliphatic hydroxyl groups is 1. The lowest BCUT2D eigenvalue weighted by atomic mass is 9.88. The summed E-state index contributed by atoms with van der Waals surface area (Å²) in [5.74, 6) is -0.121. The number of aryl methyl sites for hydroxylation is 1. The molecule has 3 unspecified atom stereocenters. The summed E-state index contributed by atoms with van der Waals surface area (Å²) in [4.78, 5) is 37.9. The van der Waals surface area contributed by atoms with Crippen LogP contribution in [0, 0.1) is 24.6 Å². The van der Waals surface area contributed by atoms with Crippen molar-refractivity contribution in [3.8, 4) is 0 Å². The molecule has 0 saturated carbocycles. The number of carbonyl (C=O) groups is 1. The third-order valence-electron chi connectivity index (χ3n) is 6.34. The standard InChI is InChI=1S/C24H27ClFN5O3/c1-11-9-31(10-12(2)22(11)32)24(34)15-5-6-18(27-8-15)28-13(3)16-7-17-21(20(26)19(16)25)29-14(4)30-23(17)33/h5-8,11-13,22,32H,9-10H2,1-4H3,(H,27,28)(H,29,30,33). The first kappa shape index (κ1) is 24.1. The molecule has 1 fully saturated rings. The zero-order valence-corrected chi connectivity index (χ0v) is 20.2. The van der Waals surface area contributed by atoms with E-state index in [2.05, 4.69) is 20.3 Å². The van der Waals surface area contributed by atoms with Crippen molar-refractivity contribution < 1.29 is 14.3 Å². The Hall–Kier alpha value is -3.04. The minimum absolute atomic E-state index is 0.000831.